The molecule has 4 N–H and O–H groups in total. The fourth-order valence-electron chi connectivity index (χ4n) is 1.37. The summed E-state index contributed by atoms with van der Waals surface area (Å²) >= 11 is 16.2. The summed E-state index contributed by atoms with van der Waals surface area (Å²) in [5.41, 5.74) is 0. The van der Waals surface area contributed by atoms with E-state index in [-0.39, 0.29) is 0 Å². The van der Waals surface area contributed by atoms with E-state index >= 15 is 0 Å². The highest BCUT2D eigenvalue weighted by Gasteiger charge is 2.47. The number of carboxylic acid groups (broad SMARTS) is 1. The van der Waals surface area contributed by atoms with Gasteiger partial charge in [0, 0.05) is 0 Å². The van der Waals surface area contributed by atoms with Crippen LogP contribution < -0.4 is 0 Å². The molecule has 1 saturated heterocycles. The van der Waals surface area contributed by atoms with Crippen molar-refractivity contribution in [2.24, 2.45) is 0 Å². The number of aliphatic hydroxyl groups is 3. The maximum atomic E-state index is 10.8. The Bertz CT molecular complexity index is 308. The lowest BCUT2D eigenvalue weighted by atomic mass is 9.99. The van der Waals surface area contributed by atoms with Crippen LogP contribution in [0.2, 0.25) is 0 Å². The molecule has 1 heterocycles. The third-order valence-corrected chi connectivity index (χ3v) is 2.55. The van der Waals surface area contributed by atoms with E-state index in [0.29, 0.717) is 0 Å². The van der Waals surface area contributed by atoms with Crippen LogP contribution in [0.4, 0.5) is 0 Å². The molecule has 1 fully saturated rings. The average Bonchev–Trinajstić information content (AvgIpc) is 2.23. The highest BCUT2D eigenvalue weighted by Crippen LogP contribution is 2.29. The molecule has 0 radical (unpaired) electrons. The molecule has 106 valence electrons. The molecule has 10 heteroatoms. The predicted octanol–water partition coefficient (Wildman–Crippen LogP) is -0.735. The van der Waals surface area contributed by atoms with Gasteiger partial charge >= 0.3 is 5.97 Å². The molecule has 0 bridgehead atoms. The van der Waals surface area contributed by atoms with Crippen LogP contribution in [0.1, 0.15) is 0 Å². The number of aliphatic hydroxyl groups excluding tert-OH is 3. The number of halogens is 3. The van der Waals surface area contributed by atoms with Gasteiger partial charge in [-0.25, -0.2) is 4.79 Å². The molecule has 0 aromatic rings. The normalized spacial score (nSPS) is 37.6. The van der Waals surface area contributed by atoms with E-state index < -0.39 is 47.1 Å². The Hall–Kier alpha value is 0.140. The lowest BCUT2D eigenvalue weighted by Gasteiger charge is -2.38. The predicted molar refractivity (Wildman–Crippen MR) is 60.6 cm³/mol. The van der Waals surface area contributed by atoms with E-state index in [1.165, 1.54) is 0 Å². The van der Waals surface area contributed by atoms with Gasteiger partial charge in [-0.1, -0.05) is 34.8 Å². The van der Waals surface area contributed by atoms with Crippen molar-refractivity contribution in [3.8, 4) is 0 Å². The minimum absolute atomic E-state index is 0.492. The van der Waals surface area contributed by atoms with E-state index in [4.69, 9.17) is 49.4 Å². The SMILES string of the molecule is O=C(O)[C@H]1OC(OCC(Cl)(Cl)Cl)[C@H](O)[C@@H](O)[C@@H]1O. The van der Waals surface area contributed by atoms with Crippen molar-refractivity contribution in [1.82, 2.24) is 0 Å². The Morgan fingerprint density at radius 3 is 2.17 bits per heavy atom. The molecule has 0 aliphatic carbocycles. The molecule has 0 aromatic heterocycles. The first kappa shape index (κ1) is 16.2. The topological polar surface area (TPSA) is 116 Å². The second-order valence-corrected chi connectivity index (χ2v) is 6.18. The highest BCUT2D eigenvalue weighted by molar-refractivity contribution is 6.67. The van der Waals surface area contributed by atoms with E-state index in [2.05, 4.69) is 0 Å². The van der Waals surface area contributed by atoms with Crippen molar-refractivity contribution in [3.63, 3.8) is 0 Å². The number of rotatable bonds is 3. The second-order valence-electron chi connectivity index (χ2n) is 3.66. The van der Waals surface area contributed by atoms with Gasteiger partial charge in [-0.15, -0.1) is 0 Å². The van der Waals surface area contributed by atoms with Crippen LogP contribution in [0.3, 0.4) is 0 Å². The number of hydrogen-bond donors (Lipinski definition) is 4. The second kappa shape index (κ2) is 6.06. The molecule has 5 atom stereocenters. The molecule has 1 unspecified atom stereocenters. The molecule has 7 nitrogen and oxygen atoms in total. The fraction of sp³-hybridized carbons (Fsp3) is 0.875. The quantitative estimate of drug-likeness (QED) is 0.505. The summed E-state index contributed by atoms with van der Waals surface area (Å²) in [6.07, 6.45) is -8.47. The minimum atomic E-state index is -1.79. The summed E-state index contributed by atoms with van der Waals surface area (Å²) in [6, 6.07) is 0. The molecule has 0 spiro atoms. The molecule has 0 amide bonds. The number of carbonyl (C=O) groups is 1. The van der Waals surface area contributed by atoms with Gasteiger partial charge in [-0.3, -0.25) is 0 Å². The molecule has 1 aliphatic rings. The standard InChI is InChI=1S/C8H11Cl3O7/c9-8(10,11)1-17-7-4(14)2(12)3(13)5(18-7)6(15)16/h2-5,7,12-14H,1H2,(H,15,16)/t2-,3-,4+,5-,7?/m0/s1. The molecule has 0 aromatic carbocycles. The average molecular weight is 326 g/mol. The maximum absolute atomic E-state index is 10.8. The lowest BCUT2D eigenvalue weighted by Crippen LogP contribution is -2.60. The first-order valence-corrected chi connectivity index (χ1v) is 5.87. The third kappa shape index (κ3) is 4.07. The van der Waals surface area contributed by atoms with Crippen LogP contribution in [-0.4, -0.2) is 67.5 Å². The van der Waals surface area contributed by atoms with E-state index in [1.807, 2.05) is 0 Å². The highest BCUT2D eigenvalue weighted by atomic mass is 35.6. The molecule has 0 saturated carbocycles. The van der Waals surface area contributed by atoms with Crippen molar-refractivity contribution in [3.05, 3.63) is 0 Å². The third-order valence-electron chi connectivity index (χ3n) is 2.22. The summed E-state index contributed by atoms with van der Waals surface area (Å²) in [6.45, 7) is -0.492. The van der Waals surface area contributed by atoms with Crippen molar-refractivity contribution in [1.29, 1.82) is 0 Å². The smallest absolute Gasteiger partial charge is 0.335 e. The van der Waals surface area contributed by atoms with Crippen molar-refractivity contribution in [2.75, 3.05) is 6.61 Å². The first-order chi connectivity index (χ1) is 8.13. The van der Waals surface area contributed by atoms with Crippen molar-refractivity contribution in [2.45, 2.75) is 34.5 Å². The summed E-state index contributed by atoms with van der Waals surface area (Å²) in [4.78, 5) is 10.8. The number of aliphatic carboxylic acids is 1. The zero-order chi connectivity index (χ0) is 14.1. The summed E-state index contributed by atoms with van der Waals surface area (Å²) in [7, 11) is 0. The zero-order valence-electron chi connectivity index (χ0n) is 8.74. The van der Waals surface area contributed by atoms with Crippen LogP contribution in [-0.2, 0) is 14.3 Å². The zero-order valence-corrected chi connectivity index (χ0v) is 11.0. The molecular weight excluding hydrogens is 314 g/mol. The number of hydrogen-bond acceptors (Lipinski definition) is 6. The summed E-state index contributed by atoms with van der Waals surface area (Å²) in [5.74, 6) is -1.52. The minimum Gasteiger partial charge on any atom is -0.479 e. The van der Waals surface area contributed by atoms with Gasteiger partial charge in [0.2, 0.25) is 3.79 Å². The fourth-order valence-corrected chi connectivity index (χ4v) is 1.56. The molecule has 1 rings (SSSR count). The van der Waals surface area contributed by atoms with Gasteiger partial charge < -0.3 is 29.9 Å². The molecular formula is C8H11Cl3O7. The van der Waals surface area contributed by atoms with Gasteiger partial charge in [-0.05, 0) is 0 Å². The van der Waals surface area contributed by atoms with Crippen molar-refractivity contribution >= 4 is 40.8 Å². The Morgan fingerprint density at radius 1 is 1.17 bits per heavy atom. The van der Waals surface area contributed by atoms with E-state index in [9.17, 15) is 20.1 Å². The van der Waals surface area contributed by atoms with Crippen LogP contribution >= 0.6 is 34.8 Å². The van der Waals surface area contributed by atoms with Crippen LogP contribution in [0.25, 0.3) is 0 Å². The Labute approximate surface area is 117 Å². The van der Waals surface area contributed by atoms with Gasteiger partial charge in [0.25, 0.3) is 0 Å². The van der Waals surface area contributed by atoms with Gasteiger partial charge in [0.1, 0.15) is 18.3 Å². The molecule has 1 aliphatic heterocycles. The van der Waals surface area contributed by atoms with Crippen LogP contribution in [0.5, 0.6) is 0 Å². The van der Waals surface area contributed by atoms with Crippen LogP contribution in [0, 0.1) is 0 Å². The number of carboxylic acids is 1. The van der Waals surface area contributed by atoms with Crippen LogP contribution in [0.15, 0.2) is 0 Å². The van der Waals surface area contributed by atoms with Gasteiger partial charge in [0.05, 0.1) is 6.61 Å². The lowest BCUT2D eigenvalue weighted by molar-refractivity contribution is -0.293. The monoisotopic (exact) mass is 324 g/mol. The largest absolute Gasteiger partial charge is 0.479 e. The summed E-state index contributed by atoms with van der Waals surface area (Å²) < 4.78 is 7.85. The van der Waals surface area contributed by atoms with E-state index in [1.54, 1.807) is 0 Å². The van der Waals surface area contributed by atoms with Gasteiger partial charge in [-0.2, -0.15) is 0 Å². The number of ether oxygens (including phenoxy) is 2. The van der Waals surface area contributed by atoms with Gasteiger partial charge in [0.15, 0.2) is 12.4 Å². The van der Waals surface area contributed by atoms with Crippen molar-refractivity contribution < 1.29 is 34.7 Å². The number of alkyl halides is 3. The Kier molecular flexibility index (Phi) is 5.45. The maximum Gasteiger partial charge on any atom is 0.335 e. The Balaban J connectivity index is 2.70. The Morgan fingerprint density at radius 2 is 1.72 bits per heavy atom. The summed E-state index contributed by atoms with van der Waals surface area (Å²) in [5, 5.41) is 37.1. The molecule has 18 heavy (non-hydrogen) atoms. The first-order valence-electron chi connectivity index (χ1n) is 4.74. The van der Waals surface area contributed by atoms with E-state index in [0.717, 1.165) is 0 Å².